The van der Waals surface area contributed by atoms with Crippen molar-refractivity contribution in [3.63, 3.8) is 0 Å². The van der Waals surface area contributed by atoms with Crippen molar-refractivity contribution in [3.05, 3.63) is 57.8 Å². The molecule has 0 saturated heterocycles. The largest absolute Gasteiger partial charge is 0.363 e. The molecule has 7 nitrogen and oxygen atoms in total. The Morgan fingerprint density at radius 2 is 2.16 bits per heavy atom. The Labute approximate surface area is 108 Å². The van der Waals surface area contributed by atoms with E-state index in [1.165, 1.54) is 18.3 Å². The Morgan fingerprint density at radius 1 is 1.37 bits per heavy atom. The number of rotatable bonds is 4. The monoisotopic (exact) mass is 255 g/mol. The van der Waals surface area contributed by atoms with Gasteiger partial charge in [-0.15, -0.1) is 5.10 Å². The maximum atomic E-state index is 10.9. The predicted molar refractivity (Wildman–Crippen MR) is 67.2 cm³/mol. The molecule has 94 valence electrons. The standard InChI is InChI=1S/C12H9N5O2/c13-7-9-5-6-15-16-12(9)14-8-10-3-1-2-4-11(10)17(18)19/h1-6H,8H2,(H,14,16). The van der Waals surface area contributed by atoms with Gasteiger partial charge in [0.05, 0.1) is 16.7 Å². The van der Waals surface area contributed by atoms with Crippen molar-refractivity contribution < 1.29 is 4.92 Å². The predicted octanol–water partition coefficient (Wildman–Crippen LogP) is 1.87. The molecular weight excluding hydrogens is 246 g/mol. The van der Waals surface area contributed by atoms with Crippen molar-refractivity contribution in [2.45, 2.75) is 6.54 Å². The molecule has 0 radical (unpaired) electrons. The van der Waals surface area contributed by atoms with Crippen LogP contribution in [0.25, 0.3) is 0 Å². The second kappa shape index (κ2) is 5.55. The van der Waals surface area contributed by atoms with Crippen molar-refractivity contribution in [1.29, 1.82) is 5.26 Å². The highest BCUT2D eigenvalue weighted by atomic mass is 16.6. The average molecular weight is 255 g/mol. The molecule has 19 heavy (non-hydrogen) atoms. The Hall–Kier alpha value is -3.01. The zero-order chi connectivity index (χ0) is 13.7. The highest BCUT2D eigenvalue weighted by Crippen LogP contribution is 2.19. The maximum absolute atomic E-state index is 10.9. The molecule has 2 rings (SSSR count). The van der Waals surface area contributed by atoms with Crippen LogP contribution in [0.2, 0.25) is 0 Å². The number of nitro benzene ring substituents is 1. The van der Waals surface area contributed by atoms with Crippen LogP contribution >= 0.6 is 0 Å². The van der Waals surface area contributed by atoms with Crippen LogP contribution in [0.1, 0.15) is 11.1 Å². The van der Waals surface area contributed by atoms with Gasteiger partial charge in [0.1, 0.15) is 6.07 Å². The fourth-order valence-corrected chi connectivity index (χ4v) is 1.57. The minimum Gasteiger partial charge on any atom is -0.363 e. The second-order valence-corrected chi connectivity index (χ2v) is 3.64. The molecule has 0 bridgehead atoms. The molecule has 1 aromatic heterocycles. The molecule has 0 spiro atoms. The van der Waals surface area contributed by atoms with Gasteiger partial charge in [0.2, 0.25) is 0 Å². The van der Waals surface area contributed by atoms with Gasteiger partial charge in [-0.05, 0) is 6.07 Å². The molecule has 1 heterocycles. The molecule has 0 amide bonds. The molecule has 0 aliphatic heterocycles. The van der Waals surface area contributed by atoms with Crippen LogP contribution < -0.4 is 5.32 Å². The minimum atomic E-state index is -0.446. The number of hydrogen-bond donors (Lipinski definition) is 1. The highest BCUT2D eigenvalue weighted by Gasteiger charge is 2.12. The van der Waals surface area contributed by atoms with Crippen LogP contribution in [-0.4, -0.2) is 15.1 Å². The first-order chi connectivity index (χ1) is 9.22. The van der Waals surface area contributed by atoms with E-state index >= 15 is 0 Å². The van der Waals surface area contributed by atoms with Crippen LogP contribution in [0.4, 0.5) is 11.5 Å². The first-order valence-electron chi connectivity index (χ1n) is 5.40. The summed E-state index contributed by atoms with van der Waals surface area (Å²) < 4.78 is 0. The zero-order valence-electron chi connectivity index (χ0n) is 9.78. The van der Waals surface area contributed by atoms with E-state index in [1.807, 2.05) is 6.07 Å². The third-order valence-electron chi connectivity index (χ3n) is 2.48. The van der Waals surface area contributed by atoms with Gasteiger partial charge < -0.3 is 5.32 Å². The van der Waals surface area contributed by atoms with E-state index in [9.17, 15) is 10.1 Å². The normalized spacial score (nSPS) is 9.63. The van der Waals surface area contributed by atoms with Gasteiger partial charge in [0.25, 0.3) is 5.69 Å². The number of nitriles is 1. The van der Waals surface area contributed by atoms with Crippen molar-refractivity contribution in [2.24, 2.45) is 0 Å². The van der Waals surface area contributed by atoms with E-state index in [2.05, 4.69) is 15.5 Å². The van der Waals surface area contributed by atoms with Gasteiger partial charge in [0, 0.05) is 18.2 Å². The van der Waals surface area contributed by atoms with Gasteiger partial charge >= 0.3 is 0 Å². The average Bonchev–Trinajstić information content (AvgIpc) is 2.45. The summed E-state index contributed by atoms with van der Waals surface area (Å²) >= 11 is 0. The van der Waals surface area contributed by atoms with E-state index in [-0.39, 0.29) is 12.2 Å². The van der Waals surface area contributed by atoms with Crippen LogP contribution in [-0.2, 0) is 6.54 Å². The third-order valence-corrected chi connectivity index (χ3v) is 2.48. The molecular formula is C12H9N5O2. The summed E-state index contributed by atoms with van der Waals surface area (Å²) in [6.45, 7) is 0.199. The van der Waals surface area contributed by atoms with Crippen molar-refractivity contribution in [1.82, 2.24) is 10.2 Å². The Bertz CT molecular complexity index is 651. The van der Waals surface area contributed by atoms with Gasteiger partial charge in [0.15, 0.2) is 5.82 Å². The lowest BCUT2D eigenvalue weighted by Gasteiger charge is -2.06. The number of hydrogen-bond acceptors (Lipinski definition) is 6. The Morgan fingerprint density at radius 3 is 2.89 bits per heavy atom. The SMILES string of the molecule is N#Cc1ccnnc1NCc1ccccc1[N+](=O)[O-]. The first kappa shape index (κ1) is 12.4. The van der Waals surface area contributed by atoms with Crippen LogP contribution in [0.5, 0.6) is 0 Å². The fourth-order valence-electron chi connectivity index (χ4n) is 1.57. The Kier molecular flexibility index (Phi) is 3.64. The molecule has 7 heteroatoms. The quantitative estimate of drug-likeness (QED) is 0.660. The van der Waals surface area contributed by atoms with Gasteiger partial charge in [-0.1, -0.05) is 18.2 Å². The molecule has 0 aliphatic rings. The molecule has 0 unspecified atom stereocenters. The summed E-state index contributed by atoms with van der Waals surface area (Å²) in [5.41, 5.74) is 0.882. The number of benzene rings is 1. The Balaban J connectivity index is 2.20. The van der Waals surface area contributed by atoms with Gasteiger partial charge in [-0.3, -0.25) is 10.1 Å². The lowest BCUT2D eigenvalue weighted by Crippen LogP contribution is -2.06. The van der Waals surface area contributed by atoms with Crippen LogP contribution in [0.3, 0.4) is 0 Å². The summed E-state index contributed by atoms with van der Waals surface area (Å²) in [4.78, 5) is 10.4. The molecule has 1 aromatic carbocycles. The zero-order valence-corrected chi connectivity index (χ0v) is 9.78. The van der Waals surface area contributed by atoms with E-state index in [0.29, 0.717) is 16.9 Å². The summed E-state index contributed by atoms with van der Waals surface area (Å²) in [6.07, 6.45) is 1.41. The number of nitrogens with zero attached hydrogens (tertiary/aromatic N) is 4. The molecule has 0 saturated carbocycles. The van der Waals surface area contributed by atoms with Crippen LogP contribution in [0.15, 0.2) is 36.5 Å². The summed E-state index contributed by atoms with van der Waals surface area (Å²) in [7, 11) is 0. The minimum absolute atomic E-state index is 0.0254. The van der Waals surface area contributed by atoms with E-state index in [1.54, 1.807) is 18.2 Å². The van der Waals surface area contributed by atoms with Crippen molar-refractivity contribution in [3.8, 4) is 6.07 Å². The van der Waals surface area contributed by atoms with E-state index in [4.69, 9.17) is 5.26 Å². The van der Waals surface area contributed by atoms with E-state index < -0.39 is 4.92 Å². The third kappa shape index (κ3) is 2.81. The van der Waals surface area contributed by atoms with Crippen molar-refractivity contribution in [2.75, 3.05) is 5.32 Å². The molecule has 2 aromatic rings. The molecule has 0 atom stereocenters. The topological polar surface area (TPSA) is 105 Å². The number of para-hydroxylation sites is 1. The summed E-state index contributed by atoms with van der Waals surface area (Å²) in [6, 6.07) is 9.88. The number of nitrogens with one attached hydrogen (secondary N) is 1. The van der Waals surface area contributed by atoms with Crippen LogP contribution in [0, 0.1) is 21.4 Å². The maximum Gasteiger partial charge on any atom is 0.274 e. The highest BCUT2D eigenvalue weighted by molar-refractivity contribution is 5.51. The molecule has 0 aliphatic carbocycles. The van der Waals surface area contributed by atoms with Crippen molar-refractivity contribution >= 4 is 11.5 Å². The van der Waals surface area contributed by atoms with Gasteiger partial charge in [-0.25, -0.2) is 0 Å². The number of nitro groups is 1. The summed E-state index contributed by atoms with van der Waals surface area (Å²) in [5, 5.41) is 30.1. The lowest BCUT2D eigenvalue weighted by molar-refractivity contribution is -0.385. The van der Waals surface area contributed by atoms with Gasteiger partial charge in [-0.2, -0.15) is 10.4 Å². The smallest absolute Gasteiger partial charge is 0.274 e. The molecule has 1 N–H and O–H groups in total. The fraction of sp³-hybridized carbons (Fsp3) is 0.0833. The van der Waals surface area contributed by atoms with E-state index in [0.717, 1.165) is 0 Å². The first-order valence-corrected chi connectivity index (χ1v) is 5.40. The summed E-state index contributed by atoms with van der Waals surface area (Å²) in [5.74, 6) is 0.308. The second-order valence-electron chi connectivity index (χ2n) is 3.64. The number of aromatic nitrogens is 2. The lowest BCUT2D eigenvalue weighted by atomic mass is 10.2. The molecule has 0 fully saturated rings. The number of anilines is 1.